The number of benzene rings is 3. The summed E-state index contributed by atoms with van der Waals surface area (Å²) in [6.45, 7) is 11.4. The second-order valence-electron chi connectivity index (χ2n) is 10.9. The molecule has 2 unspecified atom stereocenters. The molecule has 0 aliphatic rings. The summed E-state index contributed by atoms with van der Waals surface area (Å²) in [6, 6.07) is 17.8. The number of hydrogen-bond acceptors (Lipinski definition) is 5. The first-order valence-electron chi connectivity index (χ1n) is 13.6. The first-order valence-corrected chi connectivity index (χ1v) is 15.0. The Morgan fingerprint density at radius 1 is 0.975 bits per heavy atom. The Morgan fingerprint density at radius 3 is 2.30 bits per heavy atom. The molecule has 0 aliphatic carbocycles. The SMILES string of the molecule is CCN(C(=O)C(CCSC)NC(=O)OC(C)(C)C)C(C(=O)Nc1ccc2ccccc2c1)c1ccc(C)cc1C. The van der Waals surface area contributed by atoms with E-state index < -0.39 is 23.8 Å². The van der Waals surface area contributed by atoms with Crippen molar-refractivity contribution < 1.29 is 19.1 Å². The van der Waals surface area contributed by atoms with Crippen LogP contribution >= 0.6 is 11.8 Å². The van der Waals surface area contributed by atoms with Crippen LogP contribution in [0.15, 0.2) is 60.7 Å². The highest BCUT2D eigenvalue weighted by atomic mass is 32.2. The van der Waals surface area contributed by atoms with Crippen molar-refractivity contribution >= 4 is 46.1 Å². The van der Waals surface area contributed by atoms with Crippen LogP contribution in [0.5, 0.6) is 0 Å². The zero-order valence-electron chi connectivity index (χ0n) is 24.5. The number of alkyl carbamates (subject to hydrolysis) is 1. The van der Waals surface area contributed by atoms with Crippen molar-refractivity contribution in [3.8, 4) is 0 Å². The van der Waals surface area contributed by atoms with E-state index in [1.165, 1.54) is 0 Å². The molecule has 0 bridgehead atoms. The van der Waals surface area contributed by atoms with Gasteiger partial charge in [-0.2, -0.15) is 11.8 Å². The largest absolute Gasteiger partial charge is 0.444 e. The Labute approximate surface area is 242 Å². The van der Waals surface area contributed by atoms with Gasteiger partial charge in [-0.25, -0.2) is 4.79 Å². The summed E-state index contributed by atoms with van der Waals surface area (Å²) in [5.41, 5.74) is 2.65. The Morgan fingerprint density at radius 2 is 1.68 bits per heavy atom. The minimum Gasteiger partial charge on any atom is -0.444 e. The Hall–Kier alpha value is -3.52. The summed E-state index contributed by atoms with van der Waals surface area (Å²) >= 11 is 1.58. The number of thioether (sulfide) groups is 1. The Kier molecular flexibility index (Phi) is 10.6. The number of anilines is 1. The Bertz CT molecular complexity index is 1350. The average Bonchev–Trinajstić information content (AvgIpc) is 2.88. The van der Waals surface area contributed by atoms with E-state index >= 15 is 0 Å². The highest BCUT2D eigenvalue weighted by molar-refractivity contribution is 7.98. The molecule has 3 aromatic carbocycles. The number of fused-ring (bicyclic) bond motifs is 1. The van der Waals surface area contributed by atoms with E-state index in [1.807, 2.05) is 87.7 Å². The summed E-state index contributed by atoms with van der Waals surface area (Å²) in [7, 11) is 0. The fourth-order valence-corrected chi connectivity index (χ4v) is 5.14. The third-order valence-electron chi connectivity index (χ3n) is 6.52. The van der Waals surface area contributed by atoms with Crippen LogP contribution in [0.25, 0.3) is 10.8 Å². The number of ether oxygens (including phenoxy) is 1. The smallest absolute Gasteiger partial charge is 0.408 e. The molecule has 0 heterocycles. The summed E-state index contributed by atoms with van der Waals surface area (Å²) in [5.74, 6) is 0.000672. The minimum absolute atomic E-state index is 0.272. The Balaban J connectivity index is 1.99. The van der Waals surface area contributed by atoms with E-state index in [0.717, 1.165) is 27.5 Å². The summed E-state index contributed by atoms with van der Waals surface area (Å²) in [4.78, 5) is 42.3. The molecule has 0 aromatic heterocycles. The van der Waals surface area contributed by atoms with Crippen molar-refractivity contribution in [1.29, 1.82) is 0 Å². The lowest BCUT2D eigenvalue weighted by Gasteiger charge is -2.34. The molecule has 3 aromatic rings. The number of carbonyl (C=O) groups excluding carboxylic acids is 3. The average molecular weight is 564 g/mol. The number of nitrogens with one attached hydrogen (secondary N) is 2. The molecule has 214 valence electrons. The molecule has 8 heteroatoms. The minimum atomic E-state index is -0.901. The fourth-order valence-electron chi connectivity index (χ4n) is 4.67. The highest BCUT2D eigenvalue weighted by Gasteiger charge is 2.36. The van der Waals surface area contributed by atoms with Gasteiger partial charge in [-0.1, -0.05) is 54.1 Å². The monoisotopic (exact) mass is 563 g/mol. The van der Waals surface area contributed by atoms with Crippen molar-refractivity contribution in [1.82, 2.24) is 10.2 Å². The number of amides is 3. The second-order valence-corrected chi connectivity index (χ2v) is 11.9. The molecule has 0 spiro atoms. The van der Waals surface area contributed by atoms with Crippen LogP contribution in [0.3, 0.4) is 0 Å². The van der Waals surface area contributed by atoms with Crippen LogP contribution in [0.2, 0.25) is 0 Å². The van der Waals surface area contributed by atoms with Gasteiger partial charge in [0.05, 0.1) is 0 Å². The molecule has 0 saturated carbocycles. The zero-order valence-corrected chi connectivity index (χ0v) is 25.4. The molecule has 3 rings (SSSR count). The summed E-state index contributed by atoms with van der Waals surface area (Å²) in [6.07, 6.45) is 1.69. The molecule has 0 radical (unpaired) electrons. The number of nitrogens with zero attached hydrogens (tertiary/aromatic N) is 1. The number of likely N-dealkylation sites (N-methyl/N-ethyl adjacent to an activating group) is 1. The van der Waals surface area contributed by atoms with Crippen LogP contribution in [-0.4, -0.2) is 53.0 Å². The number of rotatable bonds is 10. The molecular weight excluding hydrogens is 522 g/mol. The van der Waals surface area contributed by atoms with Crippen LogP contribution < -0.4 is 10.6 Å². The van der Waals surface area contributed by atoms with Gasteiger partial charge >= 0.3 is 6.09 Å². The molecule has 0 aliphatic heterocycles. The van der Waals surface area contributed by atoms with E-state index in [1.54, 1.807) is 37.4 Å². The van der Waals surface area contributed by atoms with Gasteiger partial charge in [-0.05, 0) is 94.0 Å². The fraction of sp³-hybridized carbons (Fsp3) is 0.406. The van der Waals surface area contributed by atoms with Crippen molar-refractivity contribution in [2.45, 2.75) is 65.6 Å². The molecule has 7 nitrogen and oxygen atoms in total. The maximum Gasteiger partial charge on any atom is 0.408 e. The third kappa shape index (κ3) is 8.24. The first kappa shape index (κ1) is 31.0. The summed E-state index contributed by atoms with van der Waals surface area (Å²) in [5, 5.41) is 7.89. The van der Waals surface area contributed by atoms with Crippen LogP contribution in [0.1, 0.15) is 56.8 Å². The lowest BCUT2D eigenvalue weighted by atomic mass is 9.96. The van der Waals surface area contributed by atoms with Crippen molar-refractivity contribution in [2.75, 3.05) is 23.9 Å². The quantitative estimate of drug-likeness (QED) is 0.289. The molecule has 2 atom stereocenters. The second kappa shape index (κ2) is 13.7. The maximum absolute atomic E-state index is 14.1. The van der Waals surface area contributed by atoms with Gasteiger partial charge < -0.3 is 20.3 Å². The lowest BCUT2D eigenvalue weighted by molar-refractivity contribution is -0.140. The van der Waals surface area contributed by atoms with Gasteiger partial charge in [-0.3, -0.25) is 9.59 Å². The van der Waals surface area contributed by atoms with Gasteiger partial charge in [0.15, 0.2) is 0 Å². The normalized spacial score (nSPS) is 12.9. The predicted molar refractivity (Wildman–Crippen MR) is 165 cm³/mol. The van der Waals surface area contributed by atoms with E-state index in [4.69, 9.17) is 4.74 Å². The van der Waals surface area contributed by atoms with E-state index in [0.29, 0.717) is 17.9 Å². The van der Waals surface area contributed by atoms with Gasteiger partial charge in [0, 0.05) is 12.2 Å². The highest BCUT2D eigenvalue weighted by Crippen LogP contribution is 2.29. The van der Waals surface area contributed by atoms with Crippen molar-refractivity contribution in [2.24, 2.45) is 0 Å². The standard InChI is InChI=1S/C32H41N3O4S/c1-8-35(30(37)27(17-18-40-7)34-31(38)39-32(4,5)6)28(26-16-13-21(2)19-22(26)3)29(36)33-25-15-14-23-11-9-10-12-24(23)20-25/h9-16,19-20,27-28H,8,17-18H2,1-7H3,(H,33,36)(H,34,38). The molecule has 0 saturated heterocycles. The molecular formula is C32H41N3O4S. The predicted octanol–water partition coefficient (Wildman–Crippen LogP) is 6.63. The summed E-state index contributed by atoms with van der Waals surface area (Å²) < 4.78 is 5.44. The first-order chi connectivity index (χ1) is 18.9. The van der Waals surface area contributed by atoms with Crippen LogP contribution in [0.4, 0.5) is 10.5 Å². The lowest BCUT2D eigenvalue weighted by Crippen LogP contribution is -2.52. The van der Waals surface area contributed by atoms with Crippen LogP contribution in [-0.2, 0) is 14.3 Å². The van der Waals surface area contributed by atoms with Gasteiger partial charge in [-0.15, -0.1) is 0 Å². The zero-order chi connectivity index (χ0) is 29.4. The van der Waals surface area contributed by atoms with Crippen molar-refractivity contribution in [3.05, 3.63) is 77.4 Å². The van der Waals surface area contributed by atoms with Gasteiger partial charge in [0.2, 0.25) is 5.91 Å². The number of aryl methyl sites for hydroxylation is 2. The van der Waals surface area contributed by atoms with Gasteiger partial charge in [0.25, 0.3) is 5.91 Å². The van der Waals surface area contributed by atoms with E-state index in [-0.39, 0.29) is 18.4 Å². The maximum atomic E-state index is 14.1. The number of carbonyl (C=O) groups is 3. The third-order valence-corrected chi connectivity index (χ3v) is 7.16. The van der Waals surface area contributed by atoms with Crippen molar-refractivity contribution in [3.63, 3.8) is 0 Å². The molecule has 0 fully saturated rings. The number of hydrogen-bond donors (Lipinski definition) is 2. The topological polar surface area (TPSA) is 87.7 Å². The molecule has 3 amide bonds. The van der Waals surface area contributed by atoms with Crippen LogP contribution in [0, 0.1) is 13.8 Å². The van der Waals surface area contributed by atoms with E-state index in [2.05, 4.69) is 10.6 Å². The van der Waals surface area contributed by atoms with Gasteiger partial charge in [0.1, 0.15) is 17.7 Å². The van der Waals surface area contributed by atoms with E-state index in [9.17, 15) is 14.4 Å². The molecule has 40 heavy (non-hydrogen) atoms. The molecule has 2 N–H and O–H groups in total.